The van der Waals surface area contributed by atoms with E-state index in [1.807, 2.05) is 6.92 Å². The molecule has 3 aromatic rings. The first-order valence-corrected chi connectivity index (χ1v) is 9.28. The van der Waals surface area contributed by atoms with Crippen LogP contribution in [0.2, 0.25) is 0 Å². The number of benzene rings is 1. The quantitative estimate of drug-likeness (QED) is 0.687. The molecule has 10 heteroatoms. The van der Waals surface area contributed by atoms with Crippen molar-refractivity contribution < 1.29 is 18.3 Å². The number of carbonyl (C=O) groups is 1. The fourth-order valence-corrected chi connectivity index (χ4v) is 3.55. The Balaban J connectivity index is 1.69. The minimum Gasteiger partial charge on any atom is -0.382 e. The number of halogens is 2. The number of aryl methyl sites for hydroxylation is 1. The molecule has 1 atom stereocenters. The summed E-state index contributed by atoms with van der Waals surface area (Å²) in [6.07, 6.45) is 3.35. The van der Waals surface area contributed by atoms with Gasteiger partial charge in [0.1, 0.15) is 5.69 Å². The van der Waals surface area contributed by atoms with Crippen LogP contribution in [-0.4, -0.2) is 50.1 Å². The summed E-state index contributed by atoms with van der Waals surface area (Å²) in [6, 6.07) is 3.29. The van der Waals surface area contributed by atoms with Gasteiger partial charge in [0.2, 0.25) is 5.95 Å². The normalized spacial score (nSPS) is 16.1. The number of imidazole rings is 1. The van der Waals surface area contributed by atoms with E-state index in [0.29, 0.717) is 23.5 Å². The van der Waals surface area contributed by atoms with E-state index < -0.39 is 11.6 Å². The van der Waals surface area contributed by atoms with E-state index in [1.165, 1.54) is 6.07 Å². The zero-order valence-electron chi connectivity index (χ0n) is 16.5. The molecule has 2 N–H and O–H groups in total. The summed E-state index contributed by atoms with van der Waals surface area (Å²) in [5.74, 6) is -1.88. The fraction of sp³-hybridized carbons (Fsp3) is 0.300. The number of amides is 1. The molecule has 1 aliphatic rings. The molecule has 0 radical (unpaired) electrons. The molecule has 0 fully saturated rings. The number of ether oxygens (including phenoxy) is 1. The number of nitrogen functional groups attached to an aromatic ring is 1. The number of rotatable bonds is 5. The van der Waals surface area contributed by atoms with Gasteiger partial charge in [0, 0.05) is 32.6 Å². The van der Waals surface area contributed by atoms with E-state index in [1.54, 1.807) is 29.0 Å². The Morgan fingerprint density at radius 1 is 1.27 bits per heavy atom. The van der Waals surface area contributed by atoms with Crippen LogP contribution in [0.5, 0.6) is 0 Å². The maximum atomic E-state index is 13.6. The zero-order valence-corrected chi connectivity index (χ0v) is 16.5. The molecular weight excluding hydrogens is 394 g/mol. The maximum Gasteiger partial charge on any atom is 0.290 e. The van der Waals surface area contributed by atoms with Crippen LogP contribution in [0, 0.1) is 18.6 Å². The van der Waals surface area contributed by atoms with Crippen molar-refractivity contribution in [3.8, 4) is 11.4 Å². The van der Waals surface area contributed by atoms with Crippen LogP contribution in [0.3, 0.4) is 0 Å². The Morgan fingerprint density at radius 3 is 2.80 bits per heavy atom. The standard InChI is InChI=1S/C20H20F2N6O2/c1-11-6-24-20(23)26-17(11)16-9-27-8-13(10-30-2)28(19(29)18(27)25-16)7-12-3-4-14(21)15(22)5-12/h3-6,9,13H,7-8,10H2,1-2H3,(H2,23,24,26)/t13-/m1/s1. The van der Waals surface area contributed by atoms with Crippen molar-refractivity contribution >= 4 is 11.9 Å². The average molecular weight is 414 g/mol. The molecule has 30 heavy (non-hydrogen) atoms. The van der Waals surface area contributed by atoms with Gasteiger partial charge in [0.15, 0.2) is 17.5 Å². The fourth-order valence-electron chi connectivity index (χ4n) is 3.55. The molecule has 2 aromatic heterocycles. The van der Waals surface area contributed by atoms with Crippen LogP contribution < -0.4 is 5.73 Å². The highest BCUT2D eigenvalue weighted by Crippen LogP contribution is 2.26. The van der Waals surface area contributed by atoms with Gasteiger partial charge in [-0.1, -0.05) is 6.07 Å². The van der Waals surface area contributed by atoms with E-state index in [4.69, 9.17) is 10.5 Å². The van der Waals surface area contributed by atoms with E-state index in [9.17, 15) is 13.6 Å². The van der Waals surface area contributed by atoms with Gasteiger partial charge in [-0.3, -0.25) is 4.79 Å². The summed E-state index contributed by atoms with van der Waals surface area (Å²) in [5.41, 5.74) is 8.01. The molecule has 0 spiro atoms. The van der Waals surface area contributed by atoms with Crippen molar-refractivity contribution in [2.75, 3.05) is 19.5 Å². The van der Waals surface area contributed by atoms with Gasteiger partial charge in [0.05, 0.1) is 18.3 Å². The first kappa shape index (κ1) is 19.9. The Hall–Kier alpha value is -3.40. The molecule has 4 rings (SSSR count). The van der Waals surface area contributed by atoms with Gasteiger partial charge in [-0.2, -0.15) is 0 Å². The number of methoxy groups -OCH3 is 1. The summed E-state index contributed by atoms with van der Waals surface area (Å²) < 4.78 is 33.9. The van der Waals surface area contributed by atoms with E-state index >= 15 is 0 Å². The van der Waals surface area contributed by atoms with Crippen LogP contribution >= 0.6 is 0 Å². The lowest BCUT2D eigenvalue weighted by Crippen LogP contribution is -2.49. The van der Waals surface area contributed by atoms with Gasteiger partial charge in [-0.15, -0.1) is 0 Å². The Bertz CT molecular complexity index is 1120. The first-order valence-electron chi connectivity index (χ1n) is 9.28. The summed E-state index contributed by atoms with van der Waals surface area (Å²) >= 11 is 0. The second-order valence-corrected chi connectivity index (χ2v) is 7.15. The topological polar surface area (TPSA) is 99.2 Å². The largest absolute Gasteiger partial charge is 0.382 e. The number of aromatic nitrogens is 4. The van der Waals surface area contributed by atoms with Crippen molar-refractivity contribution in [3.63, 3.8) is 0 Å². The molecule has 0 saturated carbocycles. The summed E-state index contributed by atoms with van der Waals surface area (Å²) in [5, 5.41) is 0. The summed E-state index contributed by atoms with van der Waals surface area (Å²) in [7, 11) is 1.54. The van der Waals surface area contributed by atoms with Crippen molar-refractivity contribution in [2.24, 2.45) is 0 Å². The minimum absolute atomic E-state index is 0.103. The third kappa shape index (κ3) is 3.61. The van der Waals surface area contributed by atoms with Gasteiger partial charge >= 0.3 is 0 Å². The van der Waals surface area contributed by atoms with Crippen LogP contribution in [0.1, 0.15) is 21.7 Å². The average Bonchev–Trinajstić information content (AvgIpc) is 3.14. The van der Waals surface area contributed by atoms with Crippen molar-refractivity contribution in [1.29, 1.82) is 0 Å². The number of anilines is 1. The lowest BCUT2D eigenvalue weighted by molar-refractivity contribution is 0.0379. The Labute approximate surface area is 171 Å². The molecule has 0 bridgehead atoms. The van der Waals surface area contributed by atoms with Gasteiger partial charge in [-0.05, 0) is 30.2 Å². The van der Waals surface area contributed by atoms with Crippen LogP contribution in [0.4, 0.5) is 14.7 Å². The highest BCUT2D eigenvalue weighted by molar-refractivity contribution is 5.92. The van der Waals surface area contributed by atoms with Gasteiger partial charge in [0.25, 0.3) is 5.91 Å². The molecule has 0 aliphatic carbocycles. The van der Waals surface area contributed by atoms with Crippen LogP contribution in [0.15, 0.2) is 30.6 Å². The molecule has 0 unspecified atom stereocenters. The lowest BCUT2D eigenvalue weighted by Gasteiger charge is -2.35. The molecule has 0 saturated heterocycles. The third-order valence-electron chi connectivity index (χ3n) is 5.01. The predicted octanol–water partition coefficient (Wildman–Crippen LogP) is 2.18. The van der Waals surface area contributed by atoms with E-state index in [-0.39, 0.29) is 36.9 Å². The molecule has 1 aliphatic heterocycles. The molecule has 156 valence electrons. The molecule has 1 aromatic carbocycles. The Morgan fingerprint density at radius 2 is 2.07 bits per heavy atom. The summed E-state index contributed by atoms with van der Waals surface area (Å²) in [4.78, 5) is 27.4. The summed E-state index contributed by atoms with van der Waals surface area (Å²) in [6.45, 7) is 2.65. The van der Waals surface area contributed by atoms with E-state index in [2.05, 4.69) is 15.0 Å². The second kappa shape index (κ2) is 7.79. The molecule has 8 nitrogen and oxygen atoms in total. The monoisotopic (exact) mass is 414 g/mol. The maximum absolute atomic E-state index is 13.6. The number of nitrogens with two attached hydrogens (primary N) is 1. The van der Waals surface area contributed by atoms with Crippen molar-refractivity contribution in [1.82, 2.24) is 24.4 Å². The van der Waals surface area contributed by atoms with Crippen molar-refractivity contribution in [3.05, 3.63) is 59.2 Å². The lowest BCUT2D eigenvalue weighted by atomic mass is 10.1. The molecular formula is C20H20F2N6O2. The zero-order chi connectivity index (χ0) is 21.4. The highest BCUT2D eigenvalue weighted by atomic mass is 19.2. The SMILES string of the molecule is COC[C@H]1Cn2cc(-c3nc(N)ncc3C)nc2C(=O)N1Cc1ccc(F)c(F)c1. The van der Waals surface area contributed by atoms with Gasteiger partial charge < -0.3 is 19.9 Å². The highest BCUT2D eigenvalue weighted by Gasteiger charge is 2.34. The number of hydrogen-bond donors (Lipinski definition) is 1. The first-order chi connectivity index (χ1) is 14.4. The third-order valence-corrected chi connectivity index (χ3v) is 5.01. The number of nitrogens with zero attached hydrogens (tertiary/aromatic N) is 5. The second-order valence-electron chi connectivity index (χ2n) is 7.15. The van der Waals surface area contributed by atoms with Gasteiger partial charge in [-0.25, -0.2) is 23.7 Å². The minimum atomic E-state index is -0.958. The van der Waals surface area contributed by atoms with Crippen molar-refractivity contribution in [2.45, 2.75) is 26.1 Å². The number of hydrogen-bond acceptors (Lipinski definition) is 6. The molecule has 3 heterocycles. The van der Waals surface area contributed by atoms with E-state index in [0.717, 1.165) is 17.7 Å². The van der Waals surface area contributed by atoms with Crippen LogP contribution in [-0.2, 0) is 17.8 Å². The molecule has 1 amide bonds. The number of fused-ring (bicyclic) bond motifs is 1. The van der Waals surface area contributed by atoms with Crippen LogP contribution in [0.25, 0.3) is 11.4 Å². The predicted molar refractivity (Wildman–Crippen MR) is 104 cm³/mol. The smallest absolute Gasteiger partial charge is 0.290 e. The number of carbonyl (C=O) groups excluding carboxylic acids is 1. The Kier molecular flexibility index (Phi) is 5.17.